The second kappa shape index (κ2) is 5.14. The maximum Gasteiger partial charge on any atom is 0.305 e. The lowest BCUT2D eigenvalue weighted by Crippen LogP contribution is -2.17. The Labute approximate surface area is 123 Å². The number of para-hydroxylation sites is 2. The minimum atomic E-state index is -0.980. The van der Waals surface area contributed by atoms with E-state index in [2.05, 4.69) is 4.99 Å². The van der Waals surface area contributed by atoms with E-state index in [0.717, 1.165) is 12.1 Å². The number of ether oxygens (including phenoxy) is 1. The molecule has 5 nitrogen and oxygen atoms in total. The van der Waals surface area contributed by atoms with Crippen LogP contribution in [0.3, 0.4) is 0 Å². The molecule has 0 aromatic heterocycles. The molecule has 0 fully saturated rings. The molecule has 0 radical (unpaired) electrons. The number of rotatable bonds is 2. The van der Waals surface area contributed by atoms with Crippen LogP contribution in [0.5, 0.6) is 5.75 Å². The molecule has 7 heteroatoms. The van der Waals surface area contributed by atoms with E-state index in [-0.39, 0.29) is 11.6 Å². The molecule has 0 amide bonds. The van der Waals surface area contributed by atoms with Crippen molar-refractivity contribution in [3.8, 4) is 5.75 Å². The number of benzene rings is 2. The van der Waals surface area contributed by atoms with E-state index in [1.165, 1.54) is 0 Å². The average Bonchev–Trinajstić information content (AvgIpc) is 2.46. The van der Waals surface area contributed by atoms with Crippen LogP contribution in [0.4, 0.5) is 15.8 Å². The molecular weight excluding hydrogens is 299 g/mol. The zero-order valence-electron chi connectivity index (χ0n) is 10.5. The van der Waals surface area contributed by atoms with Crippen molar-refractivity contribution < 1.29 is 14.1 Å². The Morgan fingerprint density at radius 2 is 2.10 bits per heavy atom. The van der Waals surface area contributed by atoms with Crippen LogP contribution in [0.25, 0.3) is 0 Å². The van der Waals surface area contributed by atoms with Gasteiger partial charge in [0.1, 0.15) is 18.0 Å². The molecule has 0 saturated heterocycles. The van der Waals surface area contributed by atoms with E-state index in [9.17, 15) is 14.5 Å². The molecule has 21 heavy (non-hydrogen) atoms. The molecule has 0 N–H and O–H groups in total. The zero-order valence-corrected chi connectivity index (χ0v) is 11.3. The van der Waals surface area contributed by atoms with Gasteiger partial charge in [-0.1, -0.05) is 23.7 Å². The number of nitrogens with zero attached hydrogens (tertiary/aromatic N) is 2. The first-order valence-electron chi connectivity index (χ1n) is 5.99. The van der Waals surface area contributed by atoms with Crippen LogP contribution < -0.4 is 4.74 Å². The van der Waals surface area contributed by atoms with Gasteiger partial charge in [0, 0.05) is 17.7 Å². The molecule has 2 aromatic carbocycles. The summed E-state index contributed by atoms with van der Waals surface area (Å²) >= 11 is 5.97. The van der Waals surface area contributed by atoms with Gasteiger partial charge in [-0.3, -0.25) is 10.1 Å². The predicted molar refractivity (Wildman–Crippen MR) is 76.2 cm³/mol. The fourth-order valence-corrected chi connectivity index (χ4v) is 2.29. The van der Waals surface area contributed by atoms with E-state index < -0.39 is 16.4 Å². The SMILES string of the molecule is O=[N+]([O-])c1cc(C2=Nc3ccccc3OC2)c(Cl)cc1F. The van der Waals surface area contributed by atoms with Crippen molar-refractivity contribution in [2.75, 3.05) is 6.61 Å². The van der Waals surface area contributed by atoms with Gasteiger partial charge in [-0.15, -0.1) is 0 Å². The van der Waals surface area contributed by atoms with Crippen LogP contribution >= 0.6 is 11.6 Å². The van der Waals surface area contributed by atoms with Crippen molar-refractivity contribution in [1.82, 2.24) is 0 Å². The van der Waals surface area contributed by atoms with Crippen LogP contribution in [-0.4, -0.2) is 17.2 Å². The second-order valence-corrected chi connectivity index (χ2v) is 4.76. The van der Waals surface area contributed by atoms with Gasteiger partial charge in [0.2, 0.25) is 5.82 Å². The highest BCUT2D eigenvalue weighted by Gasteiger charge is 2.22. The normalized spacial score (nSPS) is 13.1. The summed E-state index contributed by atoms with van der Waals surface area (Å²) < 4.78 is 19.0. The summed E-state index contributed by atoms with van der Waals surface area (Å²) in [6.07, 6.45) is 0. The van der Waals surface area contributed by atoms with Crippen LogP contribution in [-0.2, 0) is 0 Å². The van der Waals surface area contributed by atoms with Crippen molar-refractivity contribution >= 4 is 28.7 Å². The first-order valence-corrected chi connectivity index (χ1v) is 6.37. The van der Waals surface area contributed by atoms with Gasteiger partial charge in [0.15, 0.2) is 0 Å². The smallest absolute Gasteiger partial charge is 0.305 e. The van der Waals surface area contributed by atoms with E-state index in [4.69, 9.17) is 16.3 Å². The van der Waals surface area contributed by atoms with Crippen molar-refractivity contribution in [1.29, 1.82) is 0 Å². The Morgan fingerprint density at radius 3 is 2.86 bits per heavy atom. The van der Waals surface area contributed by atoms with Crippen LogP contribution in [0.15, 0.2) is 41.4 Å². The largest absolute Gasteiger partial charge is 0.485 e. The number of aliphatic imine (C=N–C) groups is 1. The summed E-state index contributed by atoms with van der Waals surface area (Å²) in [5.74, 6) is -0.361. The first-order chi connectivity index (χ1) is 10.1. The molecule has 1 aliphatic rings. The van der Waals surface area contributed by atoms with Crippen molar-refractivity contribution in [3.05, 3.63) is 62.9 Å². The molecule has 0 bridgehead atoms. The van der Waals surface area contributed by atoms with Crippen molar-refractivity contribution in [3.63, 3.8) is 0 Å². The average molecular weight is 307 g/mol. The Kier molecular flexibility index (Phi) is 3.31. The molecule has 1 aliphatic heterocycles. The second-order valence-electron chi connectivity index (χ2n) is 4.36. The van der Waals surface area contributed by atoms with Gasteiger partial charge >= 0.3 is 5.69 Å². The minimum Gasteiger partial charge on any atom is -0.485 e. The van der Waals surface area contributed by atoms with Gasteiger partial charge in [0.25, 0.3) is 0 Å². The number of nitro benzene ring substituents is 1. The molecule has 2 aromatic rings. The molecule has 0 unspecified atom stereocenters. The quantitative estimate of drug-likeness (QED) is 0.624. The highest BCUT2D eigenvalue weighted by Crippen LogP contribution is 2.33. The maximum atomic E-state index is 13.5. The number of nitro groups is 1. The molecule has 0 aliphatic carbocycles. The number of hydrogen-bond donors (Lipinski definition) is 0. The van der Waals surface area contributed by atoms with Crippen molar-refractivity contribution in [2.45, 2.75) is 0 Å². The molecule has 3 rings (SSSR count). The topological polar surface area (TPSA) is 64.7 Å². The minimum absolute atomic E-state index is 0.0554. The fraction of sp³-hybridized carbons (Fsp3) is 0.0714. The lowest BCUT2D eigenvalue weighted by Gasteiger charge is -2.17. The van der Waals surface area contributed by atoms with E-state index >= 15 is 0 Å². The predicted octanol–water partition coefficient (Wildman–Crippen LogP) is 3.90. The molecule has 0 saturated carbocycles. The van der Waals surface area contributed by atoms with Crippen LogP contribution in [0.1, 0.15) is 5.56 Å². The summed E-state index contributed by atoms with van der Waals surface area (Å²) in [6, 6.07) is 9.12. The Hall–Kier alpha value is -2.47. The molecule has 0 spiro atoms. The van der Waals surface area contributed by atoms with Gasteiger partial charge < -0.3 is 4.74 Å². The van der Waals surface area contributed by atoms with E-state index in [0.29, 0.717) is 22.7 Å². The van der Waals surface area contributed by atoms with Gasteiger partial charge in [0.05, 0.1) is 15.7 Å². The third kappa shape index (κ3) is 2.45. The molecule has 1 heterocycles. The molecular formula is C14H8ClFN2O3. The van der Waals surface area contributed by atoms with Crippen LogP contribution in [0, 0.1) is 15.9 Å². The summed E-state index contributed by atoms with van der Waals surface area (Å²) in [7, 11) is 0. The molecule has 0 atom stereocenters. The van der Waals surface area contributed by atoms with Gasteiger partial charge in [-0.05, 0) is 12.1 Å². The van der Waals surface area contributed by atoms with Crippen molar-refractivity contribution in [2.24, 2.45) is 4.99 Å². The van der Waals surface area contributed by atoms with E-state index in [1.54, 1.807) is 18.2 Å². The third-order valence-electron chi connectivity index (χ3n) is 3.03. The zero-order chi connectivity index (χ0) is 15.0. The van der Waals surface area contributed by atoms with Gasteiger partial charge in [-0.2, -0.15) is 4.39 Å². The Bertz CT molecular complexity index is 777. The van der Waals surface area contributed by atoms with Crippen LogP contribution in [0.2, 0.25) is 5.02 Å². The van der Waals surface area contributed by atoms with E-state index in [1.807, 2.05) is 6.07 Å². The Morgan fingerprint density at radius 1 is 1.33 bits per heavy atom. The lowest BCUT2D eigenvalue weighted by atomic mass is 10.1. The summed E-state index contributed by atoms with van der Waals surface area (Å²) in [5.41, 5.74) is 0.666. The van der Waals surface area contributed by atoms with Gasteiger partial charge in [-0.25, -0.2) is 4.99 Å². The fourth-order valence-electron chi connectivity index (χ4n) is 2.03. The number of halogens is 2. The Balaban J connectivity index is 2.12. The highest BCUT2D eigenvalue weighted by molar-refractivity contribution is 6.34. The molecule has 106 valence electrons. The third-order valence-corrected chi connectivity index (χ3v) is 3.34. The summed E-state index contributed by atoms with van der Waals surface area (Å²) in [6.45, 7) is 0.111. The summed E-state index contributed by atoms with van der Waals surface area (Å²) in [4.78, 5) is 14.4. The number of fused-ring (bicyclic) bond motifs is 1. The monoisotopic (exact) mass is 306 g/mol. The maximum absolute atomic E-state index is 13.5. The number of hydrogen-bond acceptors (Lipinski definition) is 4. The highest BCUT2D eigenvalue weighted by atomic mass is 35.5. The standard InChI is InChI=1S/C14H8ClFN2O3/c15-9-6-10(16)13(18(19)20)5-8(9)12-7-21-14-4-2-1-3-11(14)17-12/h1-6H,7H2. The lowest BCUT2D eigenvalue weighted by molar-refractivity contribution is -0.387. The first kappa shape index (κ1) is 13.5. The summed E-state index contributed by atoms with van der Waals surface area (Å²) in [5, 5.41) is 10.9.